The Labute approximate surface area is 177 Å². The summed E-state index contributed by atoms with van der Waals surface area (Å²) in [6.07, 6.45) is 4.98. The second-order valence-corrected chi connectivity index (χ2v) is 8.84. The lowest BCUT2D eigenvalue weighted by molar-refractivity contribution is 0.0939. The molecule has 0 spiro atoms. The van der Waals surface area contributed by atoms with Crippen LogP contribution in [0.15, 0.2) is 34.9 Å². The first-order chi connectivity index (χ1) is 14.7. The Hall–Kier alpha value is -2.38. The predicted molar refractivity (Wildman–Crippen MR) is 115 cm³/mol. The zero-order valence-corrected chi connectivity index (χ0v) is 17.4. The van der Waals surface area contributed by atoms with Crippen molar-refractivity contribution in [3.05, 3.63) is 35.9 Å². The van der Waals surface area contributed by atoms with Gasteiger partial charge in [-0.15, -0.1) is 0 Å². The summed E-state index contributed by atoms with van der Waals surface area (Å²) in [5.74, 6) is 1.07. The molecule has 0 unspecified atom stereocenters. The van der Waals surface area contributed by atoms with Crippen LogP contribution in [0.5, 0.6) is 0 Å². The van der Waals surface area contributed by atoms with E-state index in [1.165, 1.54) is 38.8 Å². The molecule has 5 rings (SSSR count). The van der Waals surface area contributed by atoms with Crippen molar-refractivity contribution in [2.45, 2.75) is 25.7 Å². The number of likely N-dealkylation sites (tertiary alicyclic amines) is 1. The van der Waals surface area contributed by atoms with Gasteiger partial charge in [-0.3, -0.25) is 4.79 Å². The molecule has 1 N–H and O–H groups in total. The van der Waals surface area contributed by atoms with Gasteiger partial charge in [0.15, 0.2) is 11.6 Å². The maximum Gasteiger partial charge on any atom is 0.259 e. The van der Waals surface area contributed by atoms with E-state index in [1.54, 1.807) is 0 Å². The number of carbonyl (C=O) groups excluding carboxylic acids is 1. The van der Waals surface area contributed by atoms with Crippen LogP contribution in [0.2, 0.25) is 0 Å². The third kappa shape index (κ3) is 4.09. The third-order valence-corrected chi connectivity index (χ3v) is 6.59. The van der Waals surface area contributed by atoms with Gasteiger partial charge in [0.25, 0.3) is 5.91 Å². The molecule has 0 bridgehead atoms. The molecule has 1 saturated carbocycles. The smallest absolute Gasteiger partial charge is 0.259 e. The van der Waals surface area contributed by atoms with Crippen LogP contribution in [0.4, 0.5) is 5.82 Å². The molecule has 1 aliphatic carbocycles. The molecular weight excluding hydrogens is 380 g/mol. The van der Waals surface area contributed by atoms with E-state index < -0.39 is 0 Å². The van der Waals surface area contributed by atoms with Crippen LogP contribution in [0.3, 0.4) is 0 Å². The van der Waals surface area contributed by atoms with Gasteiger partial charge in [-0.2, -0.15) is 0 Å². The minimum atomic E-state index is -0.0932. The van der Waals surface area contributed by atoms with E-state index in [0.29, 0.717) is 50.0 Å². The molecule has 3 aliphatic rings. The molecule has 1 aromatic carbocycles. The molecule has 2 saturated heterocycles. The number of benzene rings is 1. The van der Waals surface area contributed by atoms with Crippen molar-refractivity contribution in [2.75, 3.05) is 57.4 Å². The zero-order chi connectivity index (χ0) is 20.4. The number of morpholine rings is 1. The van der Waals surface area contributed by atoms with E-state index in [9.17, 15) is 4.79 Å². The van der Waals surface area contributed by atoms with Crippen LogP contribution in [0.25, 0.3) is 11.3 Å². The summed E-state index contributed by atoms with van der Waals surface area (Å²) < 4.78 is 11.2. The Morgan fingerprint density at radius 3 is 2.50 bits per heavy atom. The monoisotopic (exact) mass is 410 g/mol. The normalized spacial score (nSPS) is 21.0. The Balaban J connectivity index is 1.36. The van der Waals surface area contributed by atoms with Crippen molar-refractivity contribution in [3.8, 4) is 11.3 Å². The summed E-state index contributed by atoms with van der Waals surface area (Å²) >= 11 is 0. The van der Waals surface area contributed by atoms with Gasteiger partial charge in [0.05, 0.1) is 13.2 Å². The summed E-state index contributed by atoms with van der Waals surface area (Å²) in [6.45, 7) is 6.88. The van der Waals surface area contributed by atoms with Gasteiger partial charge < -0.3 is 24.4 Å². The fourth-order valence-corrected chi connectivity index (χ4v) is 4.60. The van der Waals surface area contributed by atoms with E-state index in [0.717, 1.165) is 12.1 Å². The van der Waals surface area contributed by atoms with Gasteiger partial charge in [0.2, 0.25) is 0 Å². The number of amides is 1. The molecule has 0 atom stereocenters. The maximum absolute atomic E-state index is 13.4. The fraction of sp³-hybridized carbons (Fsp3) is 0.565. The number of aromatic nitrogens is 1. The topological polar surface area (TPSA) is 70.8 Å². The molecule has 160 valence electrons. The van der Waals surface area contributed by atoms with Crippen molar-refractivity contribution >= 4 is 11.7 Å². The largest absolute Gasteiger partial charge is 0.378 e. The average molecular weight is 411 g/mol. The lowest BCUT2D eigenvalue weighted by Crippen LogP contribution is -2.39. The Kier molecular flexibility index (Phi) is 5.48. The number of hydrogen-bond acceptors (Lipinski definition) is 6. The molecule has 30 heavy (non-hydrogen) atoms. The van der Waals surface area contributed by atoms with Gasteiger partial charge in [0, 0.05) is 37.2 Å². The number of nitrogens with zero attached hydrogens (tertiary/aromatic N) is 3. The number of rotatable bonds is 7. The van der Waals surface area contributed by atoms with Crippen LogP contribution in [-0.2, 0) is 4.74 Å². The first-order valence-corrected chi connectivity index (χ1v) is 11.1. The average Bonchev–Trinajstić information content (AvgIpc) is 3.17. The molecule has 7 nitrogen and oxygen atoms in total. The van der Waals surface area contributed by atoms with Gasteiger partial charge in [-0.1, -0.05) is 35.5 Å². The summed E-state index contributed by atoms with van der Waals surface area (Å²) in [4.78, 5) is 18.0. The van der Waals surface area contributed by atoms with Crippen LogP contribution < -0.4 is 10.2 Å². The van der Waals surface area contributed by atoms with Gasteiger partial charge in [-0.25, -0.2) is 0 Å². The number of nitrogens with one attached hydrogen (secondary N) is 1. The minimum absolute atomic E-state index is 0.0932. The van der Waals surface area contributed by atoms with Crippen LogP contribution in [0, 0.1) is 5.41 Å². The Morgan fingerprint density at radius 2 is 1.80 bits per heavy atom. The van der Waals surface area contributed by atoms with E-state index in [1.807, 2.05) is 30.3 Å². The first kappa shape index (κ1) is 19.6. The number of carbonyl (C=O) groups is 1. The lowest BCUT2D eigenvalue weighted by Gasteiger charge is -2.27. The highest BCUT2D eigenvalue weighted by Crippen LogP contribution is 2.46. The standard InChI is InChI=1S/C23H30N4O3/c28-22(24-16-23(8-9-23)17-26-10-4-5-11-26)19-20(18-6-2-1-3-7-18)30-25-21(19)27-12-14-29-15-13-27/h1-3,6-7H,4-5,8-17H2,(H,24,28). The quantitative estimate of drug-likeness (QED) is 0.757. The van der Waals surface area contributed by atoms with Gasteiger partial charge in [0.1, 0.15) is 5.56 Å². The number of hydrogen-bond donors (Lipinski definition) is 1. The third-order valence-electron chi connectivity index (χ3n) is 6.59. The van der Waals surface area contributed by atoms with Crippen molar-refractivity contribution < 1.29 is 14.1 Å². The first-order valence-electron chi connectivity index (χ1n) is 11.1. The van der Waals surface area contributed by atoms with E-state index in [4.69, 9.17) is 9.26 Å². The van der Waals surface area contributed by atoms with Crippen LogP contribution >= 0.6 is 0 Å². The van der Waals surface area contributed by atoms with E-state index in [-0.39, 0.29) is 11.3 Å². The molecule has 2 aromatic rings. The van der Waals surface area contributed by atoms with Crippen molar-refractivity contribution in [1.29, 1.82) is 0 Å². The summed E-state index contributed by atoms with van der Waals surface area (Å²) in [6, 6.07) is 9.76. The fourth-order valence-electron chi connectivity index (χ4n) is 4.60. The highest BCUT2D eigenvalue weighted by atomic mass is 16.5. The summed E-state index contributed by atoms with van der Waals surface area (Å²) in [5.41, 5.74) is 1.65. The van der Waals surface area contributed by atoms with Crippen molar-refractivity contribution in [1.82, 2.24) is 15.4 Å². The molecule has 1 amide bonds. The second-order valence-electron chi connectivity index (χ2n) is 8.84. The number of ether oxygens (including phenoxy) is 1. The van der Waals surface area contributed by atoms with Crippen LogP contribution in [-0.4, -0.2) is 68.4 Å². The highest BCUT2D eigenvalue weighted by molar-refractivity contribution is 6.04. The highest BCUT2D eigenvalue weighted by Gasteiger charge is 2.44. The molecule has 3 heterocycles. The number of anilines is 1. The molecule has 0 radical (unpaired) electrons. The molecule has 1 aromatic heterocycles. The second kappa shape index (κ2) is 8.40. The Bertz CT molecular complexity index is 866. The minimum Gasteiger partial charge on any atom is -0.378 e. The van der Waals surface area contributed by atoms with Crippen molar-refractivity contribution in [3.63, 3.8) is 0 Å². The zero-order valence-electron chi connectivity index (χ0n) is 17.4. The van der Waals surface area contributed by atoms with Gasteiger partial charge >= 0.3 is 0 Å². The van der Waals surface area contributed by atoms with Crippen molar-refractivity contribution in [2.24, 2.45) is 5.41 Å². The SMILES string of the molecule is O=C(NCC1(CN2CCCC2)CC1)c1c(N2CCOCC2)noc1-c1ccccc1. The molecule has 2 aliphatic heterocycles. The van der Waals surface area contributed by atoms with Gasteiger partial charge in [-0.05, 0) is 38.8 Å². The predicted octanol–water partition coefficient (Wildman–Crippen LogP) is 2.78. The molecular formula is C23H30N4O3. The molecule has 7 heteroatoms. The van der Waals surface area contributed by atoms with E-state index >= 15 is 0 Å². The van der Waals surface area contributed by atoms with Crippen LogP contribution in [0.1, 0.15) is 36.0 Å². The Morgan fingerprint density at radius 1 is 1.07 bits per heavy atom. The summed E-state index contributed by atoms with van der Waals surface area (Å²) in [7, 11) is 0. The lowest BCUT2D eigenvalue weighted by atomic mass is 10.0. The summed E-state index contributed by atoms with van der Waals surface area (Å²) in [5, 5.41) is 7.53. The van der Waals surface area contributed by atoms with E-state index in [2.05, 4.69) is 20.3 Å². The maximum atomic E-state index is 13.4. The molecule has 3 fully saturated rings.